The molecule has 2 aliphatic carbocycles. The Labute approximate surface area is 347 Å². The van der Waals surface area contributed by atoms with Gasteiger partial charge in [-0.15, -0.1) is 0 Å². The van der Waals surface area contributed by atoms with Crippen LogP contribution in [0.3, 0.4) is 0 Å². The van der Waals surface area contributed by atoms with Gasteiger partial charge in [0.1, 0.15) is 0 Å². The maximum Gasteiger partial charge on any atom is 0.0465 e. The van der Waals surface area contributed by atoms with Gasteiger partial charge in [0.05, 0.1) is 0 Å². The minimum atomic E-state index is -0.222. The minimum absolute atomic E-state index is 0.104. The molecule has 0 aromatic heterocycles. The molecule has 0 atom stereocenters. The van der Waals surface area contributed by atoms with E-state index >= 15 is 0 Å². The zero-order valence-corrected chi connectivity index (χ0v) is 34.0. The lowest BCUT2D eigenvalue weighted by atomic mass is 9.79. The summed E-state index contributed by atoms with van der Waals surface area (Å²) in [6, 6.07) is 74.2. The van der Waals surface area contributed by atoms with E-state index < -0.39 is 0 Å². The Morgan fingerprint density at radius 2 is 0.729 bits per heavy atom. The van der Waals surface area contributed by atoms with Crippen molar-refractivity contribution >= 4 is 27.8 Å². The van der Waals surface area contributed by atoms with E-state index in [4.69, 9.17) is 0 Å². The maximum absolute atomic E-state index is 2.47. The quantitative estimate of drug-likeness (QED) is 0.163. The lowest BCUT2D eigenvalue weighted by molar-refractivity contribution is 0.660. The number of benzene rings is 9. The van der Waals surface area contributed by atoms with Gasteiger partial charge in [0, 0.05) is 27.9 Å². The number of hydrogen-bond acceptors (Lipinski definition) is 1. The van der Waals surface area contributed by atoms with Crippen molar-refractivity contribution in [1.29, 1.82) is 0 Å². The van der Waals surface area contributed by atoms with Crippen molar-refractivity contribution in [2.75, 3.05) is 4.90 Å². The molecule has 282 valence electrons. The van der Waals surface area contributed by atoms with Crippen LogP contribution >= 0.6 is 0 Å². The van der Waals surface area contributed by atoms with Crippen molar-refractivity contribution in [2.45, 2.75) is 38.5 Å². The Kier molecular flexibility index (Phi) is 7.94. The topological polar surface area (TPSA) is 3.24 Å². The summed E-state index contributed by atoms with van der Waals surface area (Å²) in [5.41, 5.74) is 21.4. The molecule has 2 aliphatic rings. The van der Waals surface area contributed by atoms with Crippen molar-refractivity contribution < 1.29 is 0 Å². The minimum Gasteiger partial charge on any atom is -0.310 e. The SMILES string of the molecule is CC1(C)c2ccccc2-c2ccc(N(c3ccc(-c4ccccc4)cc3)c3ccc4c(c3)C(C)(C)c3c-4cc(-c4ccc(-c5ccccc5)cc4)c4ccccc34)cc21. The van der Waals surface area contributed by atoms with E-state index in [1.54, 1.807) is 0 Å². The summed E-state index contributed by atoms with van der Waals surface area (Å²) in [6.07, 6.45) is 0. The van der Waals surface area contributed by atoms with E-state index in [1.165, 1.54) is 88.7 Å². The lowest BCUT2D eigenvalue weighted by Gasteiger charge is -2.30. The van der Waals surface area contributed by atoms with Crippen LogP contribution in [-0.2, 0) is 10.8 Å². The molecule has 0 saturated heterocycles. The second-order valence-electron chi connectivity index (χ2n) is 17.3. The first-order valence-electron chi connectivity index (χ1n) is 20.8. The van der Waals surface area contributed by atoms with Gasteiger partial charge in [-0.25, -0.2) is 0 Å². The fraction of sp³-hybridized carbons (Fsp3) is 0.103. The molecule has 0 amide bonds. The Bertz CT molecular complexity index is 3060. The van der Waals surface area contributed by atoms with E-state index in [-0.39, 0.29) is 10.8 Å². The number of fused-ring (bicyclic) bond motifs is 8. The predicted octanol–water partition coefficient (Wildman–Crippen LogP) is 15.9. The molecule has 0 N–H and O–H groups in total. The maximum atomic E-state index is 2.47. The van der Waals surface area contributed by atoms with Crippen molar-refractivity contribution in [3.63, 3.8) is 0 Å². The predicted molar refractivity (Wildman–Crippen MR) is 250 cm³/mol. The van der Waals surface area contributed by atoms with E-state index in [2.05, 4.69) is 233 Å². The monoisotopic (exact) mass is 755 g/mol. The highest BCUT2D eigenvalue weighted by atomic mass is 15.1. The average Bonchev–Trinajstić information content (AvgIpc) is 3.66. The van der Waals surface area contributed by atoms with Gasteiger partial charge in [0.25, 0.3) is 0 Å². The standard InChI is InChI=1S/C58H45N/c1-57(2)53-22-14-13-20-47(53)48-33-31-44(35-54(48)57)59(43-29-27-41(28-30-43)39-17-9-6-10-18-39)45-32-34-49-52-37-51(42-25-23-40(24-26-42)38-15-7-5-8-16-38)46-19-11-12-21-50(46)56(52)58(3,4)55(49)36-45/h5-37H,1-4H3. The van der Waals surface area contributed by atoms with E-state index in [0.717, 1.165) is 17.1 Å². The summed E-state index contributed by atoms with van der Waals surface area (Å²) in [5.74, 6) is 0. The van der Waals surface area contributed by atoms with Gasteiger partial charge in [-0.2, -0.15) is 0 Å². The zero-order chi connectivity index (χ0) is 39.9. The lowest BCUT2D eigenvalue weighted by Crippen LogP contribution is -2.18. The summed E-state index contributed by atoms with van der Waals surface area (Å²) >= 11 is 0. The van der Waals surface area contributed by atoms with Gasteiger partial charge in [-0.05, 0) is 131 Å². The molecule has 0 heterocycles. The third-order valence-electron chi connectivity index (χ3n) is 13.3. The van der Waals surface area contributed by atoms with Crippen LogP contribution in [0.5, 0.6) is 0 Å². The highest BCUT2D eigenvalue weighted by molar-refractivity contribution is 6.06. The first kappa shape index (κ1) is 35.2. The molecule has 0 aliphatic heterocycles. The first-order chi connectivity index (χ1) is 28.8. The molecule has 9 aromatic rings. The third-order valence-corrected chi connectivity index (χ3v) is 13.3. The molecule has 0 spiro atoms. The zero-order valence-electron chi connectivity index (χ0n) is 34.0. The Morgan fingerprint density at radius 3 is 1.36 bits per heavy atom. The summed E-state index contributed by atoms with van der Waals surface area (Å²) in [4.78, 5) is 2.46. The van der Waals surface area contributed by atoms with Crippen molar-refractivity contribution in [2.24, 2.45) is 0 Å². The molecule has 0 saturated carbocycles. The number of hydrogen-bond donors (Lipinski definition) is 0. The first-order valence-corrected chi connectivity index (χ1v) is 20.8. The van der Waals surface area contributed by atoms with Gasteiger partial charge in [-0.1, -0.05) is 185 Å². The number of rotatable bonds is 6. The Hall–Kier alpha value is -6.96. The second kappa shape index (κ2) is 13.3. The third kappa shape index (κ3) is 5.53. The highest BCUT2D eigenvalue weighted by Crippen LogP contribution is 2.55. The summed E-state index contributed by atoms with van der Waals surface area (Å²) in [7, 11) is 0. The largest absolute Gasteiger partial charge is 0.310 e. The van der Waals surface area contributed by atoms with Crippen LogP contribution < -0.4 is 4.90 Å². The average molecular weight is 756 g/mol. The number of anilines is 3. The van der Waals surface area contributed by atoms with Crippen LogP contribution in [0.25, 0.3) is 66.4 Å². The van der Waals surface area contributed by atoms with Crippen molar-refractivity contribution in [3.8, 4) is 55.6 Å². The summed E-state index contributed by atoms with van der Waals surface area (Å²) < 4.78 is 0. The van der Waals surface area contributed by atoms with Gasteiger partial charge in [0.15, 0.2) is 0 Å². The molecule has 11 rings (SSSR count). The second-order valence-corrected chi connectivity index (χ2v) is 17.3. The van der Waals surface area contributed by atoms with Crippen LogP contribution in [0.4, 0.5) is 17.1 Å². The summed E-state index contributed by atoms with van der Waals surface area (Å²) in [6.45, 7) is 9.56. The van der Waals surface area contributed by atoms with E-state index in [1.807, 2.05) is 0 Å². The highest BCUT2D eigenvalue weighted by Gasteiger charge is 2.39. The Morgan fingerprint density at radius 1 is 0.288 bits per heavy atom. The van der Waals surface area contributed by atoms with E-state index in [9.17, 15) is 0 Å². The molecule has 0 bridgehead atoms. The fourth-order valence-electron chi connectivity index (χ4n) is 10.2. The van der Waals surface area contributed by atoms with Crippen LogP contribution in [0.1, 0.15) is 49.9 Å². The van der Waals surface area contributed by atoms with Crippen LogP contribution in [0.15, 0.2) is 200 Å². The van der Waals surface area contributed by atoms with Crippen molar-refractivity contribution in [3.05, 3.63) is 222 Å². The van der Waals surface area contributed by atoms with Gasteiger partial charge >= 0.3 is 0 Å². The summed E-state index contributed by atoms with van der Waals surface area (Å²) in [5, 5.41) is 2.62. The van der Waals surface area contributed by atoms with Crippen LogP contribution in [-0.4, -0.2) is 0 Å². The molecule has 59 heavy (non-hydrogen) atoms. The normalized spacial score (nSPS) is 14.0. The van der Waals surface area contributed by atoms with Gasteiger partial charge in [0.2, 0.25) is 0 Å². The molecule has 1 nitrogen and oxygen atoms in total. The van der Waals surface area contributed by atoms with Crippen LogP contribution in [0.2, 0.25) is 0 Å². The Balaban J connectivity index is 1.06. The van der Waals surface area contributed by atoms with E-state index in [0.29, 0.717) is 0 Å². The molecular formula is C58H45N. The van der Waals surface area contributed by atoms with Crippen molar-refractivity contribution in [1.82, 2.24) is 0 Å². The molecule has 1 heteroatoms. The fourth-order valence-corrected chi connectivity index (χ4v) is 10.2. The molecule has 9 aromatic carbocycles. The molecular weight excluding hydrogens is 711 g/mol. The molecule has 0 unspecified atom stereocenters. The smallest absolute Gasteiger partial charge is 0.0465 e. The molecule has 0 fully saturated rings. The van der Waals surface area contributed by atoms with Crippen LogP contribution in [0, 0.1) is 0 Å². The molecule has 0 radical (unpaired) electrons. The number of nitrogens with zero attached hydrogens (tertiary/aromatic N) is 1. The van der Waals surface area contributed by atoms with Gasteiger partial charge < -0.3 is 4.90 Å². The van der Waals surface area contributed by atoms with Gasteiger partial charge in [-0.3, -0.25) is 0 Å².